The van der Waals surface area contributed by atoms with Crippen LogP contribution in [-0.4, -0.2) is 34.6 Å². The maximum absolute atomic E-state index is 13.7. The third-order valence-corrected chi connectivity index (χ3v) is 4.57. The van der Waals surface area contributed by atoms with E-state index in [1.807, 2.05) is 19.0 Å². The minimum Gasteiger partial charge on any atom is -0.494 e. The largest absolute Gasteiger partial charge is 0.494 e. The number of anilines is 1. The number of hydrogen-bond donors (Lipinski definition) is 1. The Morgan fingerprint density at radius 3 is 2.61 bits per heavy atom. The Kier molecular flexibility index (Phi) is 5.17. The predicted molar refractivity (Wildman–Crippen MR) is 85.5 cm³/mol. The number of rotatable bonds is 6. The maximum Gasteiger partial charge on any atom is 0.240 e. The van der Waals surface area contributed by atoms with Crippen LogP contribution in [0.2, 0.25) is 0 Å². The van der Waals surface area contributed by atoms with Crippen molar-refractivity contribution in [1.82, 2.24) is 9.71 Å². The van der Waals surface area contributed by atoms with E-state index in [9.17, 15) is 12.8 Å². The van der Waals surface area contributed by atoms with Crippen LogP contribution in [0.1, 0.15) is 5.56 Å². The molecule has 0 saturated heterocycles. The van der Waals surface area contributed by atoms with Gasteiger partial charge in [0, 0.05) is 26.8 Å². The Morgan fingerprint density at radius 1 is 1.26 bits per heavy atom. The number of aromatic nitrogens is 1. The third kappa shape index (κ3) is 4.17. The first-order valence-corrected chi connectivity index (χ1v) is 8.27. The van der Waals surface area contributed by atoms with E-state index >= 15 is 0 Å². The van der Waals surface area contributed by atoms with Gasteiger partial charge in [-0.15, -0.1) is 0 Å². The molecule has 8 heteroatoms. The van der Waals surface area contributed by atoms with Crippen LogP contribution in [0.25, 0.3) is 0 Å². The van der Waals surface area contributed by atoms with Gasteiger partial charge in [-0.3, -0.25) is 0 Å². The molecule has 0 spiro atoms. The zero-order valence-electron chi connectivity index (χ0n) is 13.1. The van der Waals surface area contributed by atoms with E-state index < -0.39 is 15.8 Å². The molecule has 0 atom stereocenters. The highest BCUT2D eigenvalue weighted by Crippen LogP contribution is 2.20. The van der Waals surface area contributed by atoms with E-state index in [1.165, 1.54) is 19.2 Å². The lowest BCUT2D eigenvalue weighted by molar-refractivity contribution is 0.385. The van der Waals surface area contributed by atoms with Crippen molar-refractivity contribution in [3.63, 3.8) is 0 Å². The monoisotopic (exact) mass is 339 g/mol. The molecule has 124 valence electrons. The molecule has 0 saturated carbocycles. The first-order chi connectivity index (χ1) is 10.8. The van der Waals surface area contributed by atoms with Crippen molar-refractivity contribution in [2.24, 2.45) is 0 Å². The van der Waals surface area contributed by atoms with Gasteiger partial charge >= 0.3 is 0 Å². The molecule has 1 aromatic carbocycles. The standard InChI is InChI=1S/C15H18FN3O3S/c1-19(2)15-8-11(6-7-17-15)10-18-23(20,21)12-4-5-14(22-3)13(16)9-12/h4-9,18H,10H2,1-3H3. The molecule has 0 aliphatic rings. The quantitative estimate of drug-likeness (QED) is 0.868. The highest BCUT2D eigenvalue weighted by Gasteiger charge is 2.16. The second-order valence-corrected chi connectivity index (χ2v) is 6.80. The van der Waals surface area contributed by atoms with Crippen LogP contribution < -0.4 is 14.4 Å². The van der Waals surface area contributed by atoms with Gasteiger partial charge in [-0.05, 0) is 35.9 Å². The second kappa shape index (κ2) is 6.93. The number of sulfonamides is 1. The number of halogens is 1. The molecular weight excluding hydrogens is 321 g/mol. The van der Waals surface area contributed by atoms with E-state index in [2.05, 4.69) is 9.71 Å². The molecule has 0 aliphatic heterocycles. The van der Waals surface area contributed by atoms with Crippen molar-refractivity contribution in [2.75, 3.05) is 26.1 Å². The van der Waals surface area contributed by atoms with E-state index in [0.717, 1.165) is 17.4 Å². The zero-order valence-corrected chi connectivity index (χ0v) is 13.9. The van der Waals surface area contributed by atoms with Gasteiger partial charge in [0.05, 0.1) is 12.0 Å². The Bertz CT molecular complexity index is 794. The summed E-state index contributed by atoms with van der Waals surface area (Å²) in [6, 6.07) is 6.99. The number of benzene rings is 1. The van der Waals surface area contributed by atoms with Crippen molar-refractivity contribution in [3.8, 4) is 5.75 Å². The van der Waals surface area contributed by atoms with Crippen molar-refractivity contribution in [1.29, 1.82) is 0 Å². The van der Waals surface area contributed by atoms with Gasteiger partial charge in [-0.2, -0.15) is 0 Å². The molecule has 1 aromatic heterocycles. The highest BCUT2D eigenvalue weighted by molar-refractivity contribution is 7.89. The molecule has 0 radical (unpaired) electrons. The number of nitrogens with one attached hydrogen (secondary N) is 1. The summed E-state index contributed by atoms with van der Waals surface area (Å²) < 4.78 is 45.3. The molecule has 1 heterocycles. The third-order valence-electron chi connectivity index (χ3n) is 3.17. The van der Waals surface area contributed by atoms with Crippen molar-refractivity contribution < 1.29 is 17.5 Å². The Balaban J connectivity index is 2.16. The van der Waals surface area contributed by atoms with Gasteiger partial charge in [0.25, 0.3) is 0 Å². The van der Waals surface area contributed by atoms with Gasteiger partial charge < -0.3 is 9.64 Å². The fraction of sp³-hybridized carbons (Fsp3) is 0.267. The smallest absolute Gasteiger partial charge is 0.240 e. The van der Waals surface area contributed by atoms with Gasteiger partial charge in [0.2, 0.25) is 10.0 Å². The van der Waals surface area contributed by atoms with Crippen LogP contribution in [0.3, 0.4) is 0 Å². The van der Waals surface area contributed by atoms with Crippen LogP contribution in [-0.2, 0) is 16.6 Å². The first kappa shape index (κ1) is 17.2. The van der Waals surface area contributed by atoms with Crippen molar-refractivity contribution >= 4 is 15.8 Å². The molecule has 0 amide bonds. The highest BCUT2D eigenvalue weighted by atomic mass is 32.2. The summed E-state index contributed by atoms with van der Waals surface area (Å²) in [4.78, 5) is 5.82. The first-order valence-electron chi connectivity index (χ1n) is 6.79. The molecule has 2 rings (SSSR count). The van der Waals surface area contributed by atoms with E-state index in [-0.39, 0.29) is 17.2 Å². The van der Waals surface area contributed by atoms with Crippen LogP contribution in [0, 0.1) is 5.82 Å². The van der Waals surface area contributed by atoms with Crippen LogP contribution in [0.4, 0.5) is 10.2 Å². The van der Waals surface area contributed by atoms with E-state index in [0.29, 0.717) is 0 Å². The average Bonchev–Trinajstić information content (AvgIpc) is 2.53. The van der Waals surface area contributed by atoms with Crippen LogP contribution in [0.5, 0.6) is 5.75 Å². The van der Waals surface area contributed by atoms with E-state index in [4.69, 9.17) is 4.74 Å². The number of nitrogens with zero attached hydrogens (tertiary/aromatic N) is 2. The summed E-state index contributed by atoms with van der Waals surface area (Å²) in [6.07, 6.45) is 1.60. The second-order valence-electron chi connectivity index (χ2n) is 5.04. The fourth-order valence-corrected chi connectivity index (χ4v) is 2.92. The van der Waals surface area contributed by atoms with Crippen LogP contribution in [0.15, 0.2) is 41.4 Å². The van der Waals surface area contributed by atoms with Gasteiger partial charge in [0.1, 0.15) is 5.82 Å². The molecule has 2 aromatic rings. The minimum absolute atomic E-state index is 0.00583. The number of pyridine rings is 1. The lowest BCUT2D eigenvalue weighted by atomic mass is 10.2. The van der Waals surface area contributed by atoms with Crippen molar-refractivity contribution in [3.05, 3.63) is 47.9 Å². The lowest BCUT2D eigenvalue weighted by Gasteiger charge is -2.13. The topological polar surface area (TPSA) is 71.5 Å². The summed E-state index contributed by atoms with van der Waals surface area (Å²) >= 11 is 0. The molecular formula is C15H18FN3O3S. The summed E-state index contributed by atoms with van der Waals surface area (Å²) in [6.45, 7) is 0.0827. The summed E-state index contributed by atoms with van der Waals surface area (Å²) in [5.41, 5.74) is 0.751. The molecule has 0 unspecified atom stereocenters. The average molecular weight is 339 g/mol. The van der Waals surface area contributed by atoms with Crippen molar-refractivity contribution in [2.45, 2.75) is 11.4 Å². The predicted octanol–water partition coefficient (Wildman–Crippen LogP) is 1.77. The summed E-state index contributed by atoms with van der Waals surface area (Å²) in [7, 11) is 1.18. The molecule has 23 heavy (non-hydrogen) atoms. The fourth-order valence-electron chi connectivity index (χ4n) is 1.89. The Morgan fingerprint density at radius 2 is 2.00 bits per heavy atom. The number of hydrogen-bond acceptors (Lipinski definition) is 5. The van der Waals surface area contributed by atoms with E-state index in [1.54, 1.807) is 18.3 Å². The molecule has 1 N–H and O–H groups in total. The molecule has 0 fully saturated rings. The van der Waals surface area contributed by atoms with Crippen LogP contribution >= 0.6 is 0 Å². The Labute approximate surface area is 135 Å². The normalized spacial score (nSPS) is 11.3. The SMILES string of the molecule is COc1ccc(S(=O)(=O)NCc2ccnc(N(C)C)c2)cc1F. The molecule has 0 aliphatic carbocycles. The summed E-state index contributed by atoms with van der Waals surface area (Å²) in [5, 5.41) is 0. The lowest BCUT2D eigenvalue weighted by Crippen LogP contribution is -2.23. The zero-order chi connectivity index (χ0) is 17.0. The molecule has 0 bridgehead atoms. The molecule has 6 nitrogen and oxygen atoms in total. The summed E-state index contributed by atoms with van der Waals surface area (Å²) in [5.74, 6) is -0.0138. The number of methoxy groups -OCH3 is 1. The minimum atomic E-state index is -3.82. The Hall–Kier alpha value is -2.19. The van der Waals surface area contributed by atoms with Gasteiger partial charge in [-0.25, -0.2) is 22.5 Å². The maximum atomic E-state index is 13.7. The van der Waals surface area contributed by atoms with Gasteiger partial charge in [-0.1, -0.05) is 0 Å². The number of ether oxygens (including phenoxy) is 1. The van der Waals surface area contributed by atoms with Gasteiger partial charge in [0.15, 0.2) is 11.6 Å².